The Morgan fingerprint density at radius 1 is 0.518 bits per heavy atom. The lowest BCUT2D eigenvalue weighted by atomic mass is 9.57. The number of ether oxygens (including phenoxy) is 12. The molecule has 0 radical (unpaired) electrons. The summed E-state index contributed by atoms with van der Waals surface area (Å²) in [7, 11) is 10.4. The monoisotopic (exact) mass is 780 g/mol. The summed E-state index contributed by atoms with van der Waals surface area (Å²) in [5.41, 5.74) is 1.36. The maximum atomic E-state index is 15.1. The van der Waals surface area contributed by atoms with E-state index in [2.05, 4.69) is 0 Å². The molecule has 0 bridgehead atoms. The smallest absolute Gasteiger partial charge is 0.345 e. The van der Waals surface area contributed by atoms with Crippen molar-refractivity contribution in [1.82, 2.24) is 0 Å². The van der Waals surface area contributed by atoms with E-state index in [9.17, 15) is 9.59 Å². The number of benzene rings is 2. The van der Waals surface area contributed by atoms with E-state index in [0.29, 0.717) is 48.7 Å². The van der Waals surface area contributed by atoms with Crippen molar-refractivity contribution in [3.05, 3.63) is 56.0 Å². The standard InChI is InChI=1S/C40H44O16/c1-39(53-11-12-54-39)15-17-19-20-18(16-40(2)55-13-14-56-40)32(46-4)30(42)26-22(20)24(34(48-6)28(36(26)50-8)38(44)52-10)23-21(19)25(29(41)31(17)45-3)35(49-7)27(33(23)47-5)37(43)51-9/h19-20H,11-16H2,1-10H3/t19-,20-/m0/s1. The Bertz CT molecular complexity index is 1960. The van der Waals surface area contributed by atoms with Crippen LogP contribution >= 0.6 is 0 Å². The molecule has 5 aliphatic rings. The van der Waals surface area contributed by atoms with Crippen molar-refractivity contribution < 1.29 is 76.0 Å². The van der Waals surface area contributed by atoms with Gasteiger partial charge in [-0.25, -0.2) is 9.59 Å². The van der Waals surface area contributed by atoms with Gasteiger partial charge in [-0.15, -0.1) is 0 Å². The van der Waals surface area contributed by atoms with Gasteiger partial charge < -0.3 is 56.8 Å². The number of hydrogen-bond acceptors (Lipinski definition) is 16. The van der Waals surface area contributed by atoms with Gasteiger partial charge in [-0.05, 0) is 36.1 Å². The molecule has 2 atom stereocenters. The Labute approximate surface area is 322 Å². The quantitative estimate of drug-likeness (QED) is 0.272. The number of hydrogen-bond donors (Lipinski definition) is 0. The van der Waals surface area contributed by atoms with Gasteiger partial charge in [0.05, 0.1) is 94.4 Å². The first kappa shape index (κ1) is 39.1. The van der Waals surface area contributed by atoms with Gasteiger partial charge in [-0.2, -0.15) is 0 Å². The van der Waals surface area contributed by atoms with Gasteiger partial charge in [0.15, 0.2) is 23.1 Å². The molecule has 0 unspecified atom stereocenters. The maximum absolute atomic E-state index is 15.1. The third kappa shape index (κ3) is 5.48. The van der Waals surface area contributed by atoms with Crippen LogP contribution < -0.4 is 18.9 Å². The molecule has 2 fully saturated rings. The second kappa shape index (κ2) is 14.4. The molecule has 3 aliphatic carbocycles. The van der Waals surface area contributed by atoms with E-state index in [4.69, 9.17) is 56.8 Å². The fraction of sp³-hybridized carbons (Fsp3) is 0.500. The molecule has 0 amide bonds. The van der Waals surface area contributed by atoms with E-state index < -0.39 is 46.9 Å². The minimum Gasteiger partial charge on any atom is -0.495 e. The summed E-state index contributed by atoms with van der Waals surface area (Å²) >= 11 is 0. The summed E-state index contributed by atoms with van der Waals surface area (Å²) in [6, 6.07) is 0. The summed E-state index contributed by atoms with van der Waals surface area (Å²) in [6.45, 7) is 4.75. The molecule has 56 heavy (non-hydrogen) atoms. The predicted octanol–water partition coefficient (Wildman–Crippen LogP) is 4.64. The van der Waals surface area contributed by atoms with E-state index in [1.165, 1.54) is 56.9 Å². The van der Waals surface area contributed by atoms with Crippen molar-refractivity contribution >= 4 is 23.5 Å². The van der Waals surface area contributed by atoms with E-state index in [1.54, 1.807) is 13.8 Å². The first-order valence-corrected chi connectivity index (χ1v) is 17.8. The molecule has 2 aromatic rings. The average molecular weight is 781 g/mol. The van der Waals surface area contributed by atoms with E-state index >= 15 is 9.59 Å². The summed E-state index contributed by atoms with van der Waals surface area (Å²) in [5.74, 6) is -7.79. The largest absolute Gasteiger partial charge is 0.495 e. The molecule has 0 saturated carbocycles. The van der Waals surface area contributed by atoms with Gasteiger partial charge in [0, 0.05) is 35.8 Å². The summed E-state index contributed by atoms with van der Waals surface area (Å²) in [5, 5.41) is 0. The lowest BCUT2D eigenvalue weighted by Gasteiger charge is -2.47. The van der Waals surface area contributed by atoms with Gasteiger partial charge in [0.2, 0.25) is 11.6 Å². The SMILES string of the molecule is COC(=O)c1c(OC)c2c3c(c1OC)-c1c(OC)c(C(=O)OC)c(OC)c4c1[C@@H](C(CC1(C)OCCO1)=C(OC)C4=O)[C@@H]3C(CC1(C)OCCO1)=C(OC)C2=O. The zero-order chi connectivity index (χ0) is 40.4. The first-order chi connectivity index (χ1) is 26.8. The predicted molar refractivity (Wildman–Crippen MR) is 193 cm³/mol. The molecule has 2 aromatic carbocycles. The Balaban J connectivity index is 1.76. The van der Waals surface area contributed by atoms with Crippen molar-refractivity contribution in [1.29, 1.82) is 0 Å². The molecule has 0 aromatic heterocycles. The summed E-state index contributed by atoms with van der Waals surface area (Å²) in [4.78, 5) is 57.8. The van der Waals surface area contributed by atoms with Crippen molar-refractivity contribution in [2.75, 3.05) is 83.3 Å². The van der Waals surface area contributed by atoms with Crippen LogP contribution in [0.5, 0.6) is 23.0 Å². The Morgan fingerprint density at radius 2 is 0.821 bits per heavy atom. The van der Waals surface area contributed by atoms with Crippen LogP contribution in [0.1, 0.15) is 91.1 Å². The first-order valence-electron chi connectivity index (χ1n) is 17.8. The normalized spacial score (nSPS) is 21.3. The number of esters is 2. The van der Waals surface area contributed by atoms with E-state index in [-0.39, 0.29) is 80.7 Å². The van der Waals surface area contributed by atoms with Gasteiger partial charge in [0.25, 0.3) is 0 Å². The minimum atomic E-state index is -1.20. The van der Waals surface area contributed by atoms with Gasteiger partial charge in [0.1, 0.15) is 34.1 Å². The molecular formula is C40H44O16. The lowest BCUT2D eigenvalue weighted by Crippen LogP contribution is -2.40. The second-order valence-electron chi connectivity index (χ2n) is 13.9. The fourth-order valence-electron chi connectivity index (χ4n) is 9.13. The molecule has 16 nitrogen and oxygen atoms in total. The van der Waals surface area contributed by atoms with Crippen LogP contribution in [0.25, 0.3) is 11.1 Å². The minimum absolute atomic E-state index is 0.0261. The van der Waals surface area contributed by atoms with Crippen molar-refractivity contribution in [3.63, 3.8) is 0 Å². The molecule has 0 spiro atoms. The Kier molecular flexibility index (Phi) is 10.1. The number of Topliss-reactive ketones (excluding diaryl/α,β-unsaturated/α-hetero) is 2. The average Bonchev–Trinajstić information content (AvgIpc) is 3.84. The van der Waals surface area contributed by atoms with Crippen LogP contribution in [-0.2, 0) is 37.9 Å². The third-order valence-corrected chi connectivity index (χ3v) is 11.1. The molecule has 2 heterocycles. The number of carbonyl (C=O) groups excluding carboxylic acids is 4. The number of methoxy groups -OCH3 is 8. The van der Waals surface area contributed by atoms with Gasteiger partial charge in [-0.3, -0.25) is 9.59 Å². The number of ketones is 2. The van der Waals surface area contributed by atoms with Crippen molar-refractivity contribution in [3.8, 4) is 34.1 Å². The number of allylic oxidation sites excluding steroid dienone is 2. The van der Waals surface area contributed by atoms with Crippen molar-refractivity contribution in [2.45, 2.75) is 50.1 Å². The van der Waals surface area contributed by atoms with Gasteiger partial charge in [-0.1, -0.05) is 0 Å². The molecule has 2 aliphatic heterocycles. The summed E-state index contributed by atoms with van der Waals surface area (Å²) in [6.07, 6.45) is 0.0523. The van der Waals surface area contributed by atoms with Crippen LogP contribution in [0, 0.1) is 0 Å². The zero-order valence-electron chi connectivity index (χ0n) is 32.9. The number of fused-ring (bicyclic) bond motifs is 2. The Hall–Kier alpha value is -5.16. The zero-order valence-corrected chi connectivity index (χ0v) is 32.9. The highest BCUT2D eigenvalue weighted by Gasteiger charge is 2.57. The molecule has 7 rings (SSSR count). The number of carbonyl (C=O) groups is 4. The molecule has 300 valence electrons. The van der Waals surface area contributed by atoms with Gasteiger partial charge >= 0.3 is 11.9 Å². The molecule has 16 heteroatoms. The molecular weight excluding hydrogens is 736 g/mol. The Morgan fingerprint density at radius 3 is 1.09 bits per heavy atom. The van der Waals surface area contributed by atoms with Crippen LogP contribution in [0.4, 0.5) is 0 Å². The highest BCUT2D eigenvalue weighted by molar-refractivity contribution is 6.21. The summed E-state index contributed by atoms with van der Waals surface area (Å²) < 4.78 is 70.9. The van der Waals surface area contributed by atoms with Crippen molar-refractivity contribution in [2.24, 2.45) is 0 Å². The molecule has 2 saturated heterocycles. The third-order valence-electron chi connectivity index (χ3n) is 11.1. The maximum Gasteiger partial charge on any atom is 0.345 e. The van der Waals surface area contributed by atoms with Crippen LogP contribution in [0.15, 0.2) is 22.7 Å². The van der Waals surface area contributed by atoms with Crippen LogP contribution in [0.2, 0.25) is 0 Å². The molecule has 0 N–H and O–H groups in total. The number of rotatable bonds is 12. The van der Waals surface area contributed by atoms with Crippen LogP contribution in [0.3, 0.4) is 0 Å². The van der Waals surface area contributed by atoms with E-state index in [1.807, 2.05) is 0 Å². The lowest BCUT2D eigenvalue weighted by molar-refractivity contribution is -0.143. The topological polar surface area (TPSA) is 179 Å². The van der Waals surface area contributed by atoms with Crippen LogP contribution in [-0.4, -0.2) is 118 Å². The fourth-order valence-corrected chi connectivity index (χ4v) is 9.13. The highest BCUT2D eigenvalue weighted by Crippen LogP contribution is 2.68. The highest BCUT2D eigenvalue weighted by atomic mass is 16.7. The second-order valence-corrected chi connectivity index (χ2v) is 13.9. The van der Waals surface area contributed by atoms with E-state index in [0.717, 1.165) is 0 Å².